The van der Waals surface area contributed by atoms with Crippen LogP contribution < -0.4 is 0 Å². The van der Waals surface area contributed by atoms with Crippen LogP contribution in [0.15, 0.2) is 57.8 Å². The van der Waals surface area contributed by atoms with Gasteiger partial charge in [0.25, 0.3) is 0 Å². The SMILES string of the molecule is C\C=C(C)/C=N\C(=C\CC)C(=C/CCC)\C1=C(c2c(C)ccc(C)c2C=N)CCCC1. The summed E-state index contributed by atoms with van der Waals surface area (Å²) in [5.74, 6) is 0. The van der Waals surface area contributed by atoms with Crippen molar-refractivity contribution < 1.29 is 0 Å². The van der Waals surface area contributed by atoms with E-state index >= 15 is 0 Å². The molecular weight excluding hydrogens is 376 g/mol. The average molecular weight is 417 g/mol. The molecule has 2 heteroatoms. The Morgan fingerprint density at radius 2 is 1.77 bits per heavy atom. The third-order valence-electron chi connectivity index (χ3n) is 6.08. The molecule has 0 unspecified atom stereocenters. The van der Waals surface area contributed by atoms with Gasteiger partial charge < -0.3 is 5.41 Å². The van der Waals surface area contributed by atoms with Crippen LogP contribution in [0.5, 0.6) is 0 Å². The minimum absolute atomic E-state index is 0.961. The second kappa shape index (κ2) is 12.4. The van der Waals surface area contributed by atoms with Crippen LogP contribution >= 0.6 is 0 Å². The Hall–Kier alpha value is -2.48. The number of allylic oxidation sites excluding steroid dienone is 6. The maximum atomic E-state index is 8.11. The minimum atomic E-state index is 0.961. The Balaban J connectivity index is 2.78. The van der Waals surface area contributed by atoms with Gasteiger partial charge in [-0.1, -0.05) is 50.6 Å². The van der Waals surface area contributed by atoms with Gasteiger partial charge in [-0.3, -0.25) is 4.99 Å². The summed E-state index contributed by atoms with van der Waals surface area (Å²) in [6.45, 7) is 12.9. The van der Waals surface area contributed by atoms with E-state index in [4.69, 9.17) is 10.4 Å². The van der Waals surface area contributed by atoms with E-state index in [9.17, 15) is 0 Å². The highest BCUT2D eigenvalue weighted by atomic mass is 14.7. The molecule has 0 bridgehead atoms. The van der Waals surface area contributed by atoms with Crippen LogP contribution in [0.3, 0.4) is 0 Å². The topological polar surface area (TPSA) is 36.2 Å². The Morgan fingerprint density at radius 1 is 1.06 bits per heavy atom. The lowest BCUT2D eigenvalue weighted by atomic mass is 9.79. The summed E-state index contributed by atoms with van der Waals surface area (Å²) in [6.07, 6.45) is 18.0. The molecule has 1 aromatic carbocycles. The maximum absolute atomic E-state index is 8.11. The lowest BCUT2D eigenvalue weighted by molar-refractivity contribution is 0.717. The van der Waals surface area contributed by atoms with E-state index in [0.717, 1.165) is 43.4 Å². The van der Waals surface area contributed by atoms with Gasteiger partial charge in [0.2, 0.25) is 0 Å². The summed E-state index contributed by atoms with van der Waals surface area (Å²) >= 11 is 0. The van der Waals surface area contributed by atoms with Crippen molar-refractivity contribution in [3.63, 3.8) is 0 Å². The molecule has 0 fully saturated rings. The molecule has 1 aromatic rings. The van der Waals surface area contributed by atoms with E-state index in [0.29, 0.717) is 0 Å². The van der Waals surface area contributed by atoms with Crippen LogP contribution in [0.1, 0.15) is 94.9 Å². The Bertz CT molecular complexity index is 936. The Kier molecular flexibility index (Phi) is 9.91. The molecule has 0 radical (unpaired) electrons. The number of unbranched alkanes of at least 4 members (excludes halogenated alkanes) is 1. The molecule has 1 aliphatic rings. The first-order chi connectivity index (χ1) is 15.0. The number of hydrogen-bond acceptors (Lipinski definition) is 2. The molecule has 0 heterocycles. The largest absolute Gasteiger partial charge is 0.308 e. The van der Waals surface area contributed by atoms with E-state index in [1.165, 1.54) is 51.8 Å². The van der Waals surface area contributed by atoms with E-state index in [-0.39, 0.29) is 0 Å². The van der Waals surface area contributed by atoms with E-state index in [2.05, 4.69) is 71.9 Å². The zero-order valence-corrected chi connectivity index (χ0v) is 20.4. The first kappa shape index (κ1) is 24.8. The van der Waals surface area contributed by atoms with Crippen molar-refractivity contribution in [3.05, 3.63) is 75.0 Å². The predicted molar refractivity (Wildman–Crippen MR) is 138 cm³/mol. The van der Waals surface area contributed by atoms with E-state index in [1.54, 1.807) is 6.21 Å². The van der Waals surface area contributed by atoms with Gasteiger partial charge >= 0.3 is 0 Å². The smallest absolute Gasteiger partial charge is 0.0661 e. The van der Waals surface area contributed by atoms with E-state index < -0.39 is 0 Å². The second-order valence-corrected chi connectivity index (χ2v) is 8.49. The van der Waals surface area contributed by atoms with Crippen molar-refractivity contribution in [1.29, 1.82) is 5.41 Å². The maximum Gasteiger partial charge on any atom is 0.0661 e. The highest BCUT2D eigenvalue weighted by Gasteiger charge is 2.23. The molecule has 0 aromatic heterocycles. The van der Waals surface area contributed by atoms with Crippen molar-refractivity contribution >= 4 is 18.0 Å². The number of nitrogens with one attached hydrogen (secondary N) is 1. The summed E-state index contributed by atoms with van der Waals surface area (Å²) in [4.78, 5) is 4.94. The Labute approximate surface area is 190 Å². The highest BCUT2D eigenvalue weighted by Crippen LogP contribution is 2.41. The molecule has 0 saturated heterocycles. The van der Waals surface area contributed by atoms with Crippen molar-refractivity contribution in [2.45, 2.75) is 86.5 Å². The van der Waals surface area contributed by atoms with Gasteiger partial charge in [-0.15, -0.1) is 0 Å². The summed E-state index contributed by atoms with van der Waals surface area (Å²) < 4.78 is 0. The molecule has 1 N–H and O–H groups in total. The van der Waals surface area contributed by atoms with Crippen molar-refractivity contribution in [2.75, 3.05) is 0 Å². The van der Waals surface area contributed by atoms with Crippen LogP contribution in [0.4, 0.5) is 0 Å². The molecule has 0 atom stereocenters. The average Bonchev–Trinajstić information content (AvgIpc) is 2.78. The van der Waals surface area contributed by atoms with Gasteiger partial charge in [0.15, 0.2) is 0 Å². The number of rotatable bonds is 9. The highest BCUT2D eigenvalue weighted by molar-refractivity contribution is 5.92. The first-order valence-corrected chi connectivity index (χ1v) is 11.9. The third kappa shape index (κ3) is 6.26. The molecule has 166 valence electrons. The quantitative estimate of drug-likeness (QED) is 0.309. The fraction of sp³-hybridized carbons (Fsp3) is 0.448. The fourth-order valence-electron chi connectivity index (χ4n) is 4.24. The molecule has 0 spiro atoms. The number of aliphatic imine (C=N–C) groups is 1. The van der Waals surface area contributed by atoms with Crippen LogP contribution in [0.2, 0.25) is 0 Å². The predicted octanol–water partition coefficient (Wildman–Crippen LogP) is 8.69. The lowest BCUT2D eigenvalue weighted by Gasteiger charge is -2.26. The number of nitrogens with zero attached hydrogens (tertiary/aromatic N) is 1. The summed E-state index contributed by atoms with van der Waals surface area (Å²) in [6, 6.07) is 4.35. The van der Waals surface area contributed by atoms with Crippen molar-refractivity contribution in [3.8, 4) is 0 Å². The van der Waals surface area contributed by atoms with Crippen molar-refractivity contribution in [2.24, 2.45) is 4.99 Å². The zero-order valence-electron chi connectivity index (χ0n) is 20.4. The minimum Gasteiger partial charge on any atom is -0.308 e. The molecule has 31 heavy (non-hydrogen) atoms. The van der Waals surface area contributed by atoms with E-state index in [1.807, 2.05) is 6.21 Å². The Morgan fingerprint density at radius 3 is 2.42 bits per heavy atom. The molecule has 1 aliphatic carbocycles. The van der Waals surface area contributed by atoms with Crippen LogP contribution in [-0.4, -0.2) is 12.4 Å². The second-order valence-electron chi connectivity index (χ2n) is 8.49. The summed E-state index contributed by atoms with van der Waals surface area (Å²) in [5, 5.41) is 8.11. The molecular formula is C29H40N2. The van der Waals surface area contributed by atoms with Crippen LogP contribution in [0, 0.1) is 19.3 Å². The fourth-order valence-corrected chi connectivity index (χ4v) is 4.24. The zero-order chi connectivity index (χ0) is 22.8. The first-order valence-electron chi connectivity index (χ1n) is 11.9. The normalized spacial score (nSPS) is 16.4. The van der Waals surface area contributed by atoms with Gasteiger partial charge in [0, 0.05) is 18.0 Å². The lowest BCUT2D eigenvalue weighted by Crippen LogP contribution is -2.08. The molecule has 2 nitrogen and oxygen atoms in total. The van der Waals surface area contributed by atoms with Gasteiger partial charge in [-0.2, -0.15) is 0 Å². The number of hydrogen-bond donors (Lipinski definition) is 1. The number of benzene rings is 1. The summed E-state index contributed by atoms with van der Waals surface area (Å²) in [5.41, 5.74) is 11.2. The standard InChI is InChI=1S/C29H40N2/c1-7-10-14-25(28(13-8-2)31-20-21(4)9-3)24-15-11-12-16-26(24)29-23(6)18-17-22(5)27(29)19-30/h9,13-14,17-20,30H,7-8,10-12,15-16H2,1-6H3/b21-9-,25-14-,28-13+,30-19?,31-20-. The van der Waals surface area contributed by atoms with Crippen LogP contribution in [-0.2, 0) is 0 Å². The van der Waals surface area contributed by atoms with Gasteiger partial charge in [-0.05, 0) is 105 Å². The van der Waals surface area contributed by atoms with Gasteiger partial charge in [0.1, 0.15) is 0 Å². The van der Waals surface area contributed by atoms with Crippen LogP contribution in [0.25, 0.3) is 5.57 Å². The van der Waals surface area contributed by atoms with Gasteiger partial charge in [-0.25, -0.2) is 0 Å². The third-order valence-corrected chi connectivity index (χ3v) is 6.08. The molecule has 0 amide bonds. The molecule has 2 rings (SSSR count). The van der Waals surface area contributed by atoms with Gasteiger partial charge in [0.05, 0.1) is 5.70 Å². The molecule has 0 saturated carbocycles. The molecule has 0 aliphatic heterocycles. The summed E-state index contributed by atoms with van der Waals surface area (Å²) in [7, 11) is 0. The van der Waals surface area contributed by atoms with Crippen molar-refractivity contribution in [1.82, 2.24) is 0 Å². The monoisotopic (exact) mass is 416 g/mol. The number of aryl methyl sites for hydroxylation is 2.